The predicted molar refractivity (Wildman–Crippen MR) is 100.0 cm³/mol. The number of fused-ring (bicyclic) bond motifs is 2. The highest BCUT2D eigenvalue weighted by Gasteiger charge is 2.43. The summed E-state index contributed by atoms with van der Waals surface area (Å²) in [7, 11) is 1.40. The number of hydrogen-bond acceptors (Lipinski definition) is 7. The molecule has 1 amide bonds. The van der Waals surface area contributed by atoms with Crippen LogP contribution in [0, 0.1) is 0 Å². The Labute approximate surface area is 172 Å². The SMILES string of the molecule is CC(O)c1cc2c(=O)n(CC(=O)N(C)c3ccc4c(c3)OC(F)(F)O4)nc(Cl)c2o1. The van der Waals surface area contributed by atoms with Crippen molar-refractivity contribution in [3.63, 3.8) is 0 Å². The van der Waals surface area contributed by atoms with E-state index in [4.69, 9.17) is 16.0 Å². The maximum absolute atomic E-state index is 13.2. The van der Waals surface area contributed by atoms with Crippen molar-refractivity contribution in [3.8, 4) is 11.5 Å². The van der Waals surface area contributed by atoms with E-state index in [1.165, 1.54) is 38.2 Å². The molecule has 0 aliphatic carbocycles. The minimum absolute atomic E-state index is 0.00585. The third kappa shape index (κ3) is 3.46. The number of likely N-dealkylation sites (N-methyl/N-ethyl adjacent to an activating group) is 1. The molecule has 0 bridgehead atoms. The number of hydrogen-bond donors (Lipinski definition) is 1. The van der Waals surface area contributed by atoms with Gasteiger partial charge < -0.3 is 23.9 Å². The topological polar surface area (TPSA) is 107 Å². The molecule has 9 nitrogen and oxygen atoms in total. The van der Waals surface area contributed by atoms with Crippen LogP contribution in [0.5, 0.6) is 11.5 Å². The zero-order valence-electron chi connectivity index (χ0n) is 15.6. The summed E-state index contributed by atoms with van der Waals surface area (Å²) in [6.45, 7) is 0.974. The molecule has 1 aliphatic heterocycles. The van der Waals surface area contributed by atoms with Gasteiger partial charge in [-0.1, -0.05) is 11.6 Å². The molecule has 0 saturated carbocycles. The van der Waals surface area contributed by atoms with Crippen LogP contribution in [-0.2, 0) is 11.3 Å². The molecule has 2 aromatic heterocycles. The molecule has 0 fully saturated rings. The van der Waals surface area contributed by atoms with Crippen LogP contribution in [-0.4, -0.2) is 34.1 Å². The number of rotatable bonds is 4. The van der Waals surface area contributed by atoms with Crippen molar-refractivity contribution in [2.24, 2.45) is 0 Å². The maximum atomic E-state index is 13.2. The van der Waals surface area contributed by atoms with E-state index in [9.17, 15) is 23.5 Å². The lowest BCUT2D eigenvalue weighted by molar-refractivity contribution is -0.286. The summed E-state index contributed by atoms with van der Waals surface area (Å²) >= 11 is 6.05. The van der Waals surface area contributed by atoms with Crippen molar-refractivity contribution < 1.29 is 32.6 Å². The summed E-state index contributed by atoms with van der Waals surface area (Å²) < 4.78 is 41.2. The van der Waals surface area contributed by atoms with Crippen LogP contribution >= 0.6 is 11.6 Å². The van der Waals surface area contributed by atoms with Crippen LogP contribution in [0.3, 0.4) is 0 Å². The second-order valence-electron chi connectivity index (χ2n) is 6.57. The van der Waals surface area contributed by atoms with Crippen molar-refractivity contribution >= 4 is 34.2 Å². The molecule has 1 aliphatic rings. The first-order valence-corrected chi connectivity index (χ1v) is 8.98. The monoisotopic (exact) mass is 441 g/mol. The molecule has 0 radical (unpaired) electrons. The number of nitrogens with zero attached hydrogens (tertiary/aromatic N) is 3. The molecule has 1 unspecified atom stereocenters. The van der Waals surface area contributed by atoms with E-state index in [1.54, 1.807) is 0 Å². The van der Waals surface area contributed by atoms with Gasteiger partial charge in [-0.05, 0) is 25.1 Å². The minimum atomic E-state index is -3.78. The smallest absolute Gasteiger partial charge is 0.455 e. The zero-order valence-corrected chi connectivity index (χ0v) is 16.3. The van der Waals surface area contributed by atoms with Gasteiger partial charge in [0.05, 0.1) is 5.39 Å². The number of amides is 1. The normalized spacial score (nSPS) is 15.4. The average Bonchev–Trinajstić information content (AvgIpc) is 3.25. The summed E-state index contributed by atoms with van der Waals surface area (Å²) in [6, 6.07) is 5.18. The molecule has 1 atom stereocenters. The summed E-state index contributed by atoms with van der Waals surface area (Å²) in [6.07, 6.45) is -4.74. The Morgan fingerprint density at radius 3 is 2.73 bits per heavy atom. The lowest BCUT2D eigenvalue weighted by atomic mass is 10.2. The third-order valence-electron chi connectivity index (χ3n) is 4.45. The first kappa shape index (κ1) is 20.1. The van der Waals surface area contributed by atoms with Crippen LogP contribution in [0.4, 0.5) is 14.5 Å². The van der Waals surface area contributed by atoms with Gasteiger partial charge >= 0.3 is 6.29 Å². The Balaban J connectivity index is 1.61. The van der Waals surface area contributed by atoms with Crippen LogP contribution in [0.2, 0.25) is 5.15 Å². The van der Waals surface area contributed by atoms with E-state index >= 15 is 0 Å². The van der Waals surface area contributed by atoms with Gasteiger partial charge in [0.15, 0.2) is 22.2 Å². The quantitative estimate of drug-likeness (QED) is 0.663. The lowest BCUT2D eigenvalue weighted by Gasteiger charge is -2.18. The van der Waals surface area contributed by atoms with E-state index in [1.807, 2.05) is 0 Å². The number of aliphatic hydroxyl groups is 1. The van der Waals surface area contributed by atoms with E-state index in [0.29, 0.717) is 0 Å². The molecule has 4 rings (SSSR count). The van der Waals surface area contributed by atoms with Crippen molar-refractivity contribution in [2.45, 2.75) is 25.9 Å². The number of anilines is 1. The lowest BCUT2D eigenvalue weighted by Crippen LogP contribution is -2.35. The van der Waals surface area contributed by atoms with Gasteiger partial charge in [0, 0.05) is 18.8 Å². The summed E-state index contributed by atoms with van der Waals surface area (Å²) in [5.41, 5.74) is -0.400. The fraction of sp³-hybridized carbons (Fsp3) is 0.278. The summed E-state index contributed by atoms with van der Waals surface area (Å²) in [5, 5.41) is 13.4. The second kappa shape index (κ2) is 6.96. The van der Waals surface area contributed by atoms with Crippen molar-refractivity contribution in [1.29, 1.82) is 0 Å². The minimum Gasteiger partial charge on any atom is -0.455 e. The molecule has 30 heavy (non-hydrogen) atoms. The number of benzene rings is 1. The Morgan fingerprint density at radius 2 is 2.03 bits per heavy atom. The first-order chi connectivity index (χ1) is 14.1. The van der Waals surface area contributed by atoms with E-state index in [0.717, 1.165) is 9.58 Å². The number of aromatic nitrogens is 2. The van der Waals surface area contributed by atoms with Crippen molar-refractivity contribution in [1.82, 2.24) is 9.78 Å². The number of ether oxygens (including phenoxy) is 2. The number of halogens is 3. The van der Waals surface area contributed by atoms with Crippen LogP contribution in [0.1, 0.15) is 18.8 Å². The van der Waals surface area contributed by atoms with Crippen LogP contribution in [0.25, 0.3) is 11.0 Å². The third-order valence-corrected chi connectivity index (χ3v) is 4.70. The number of alkyl halides is 2. The molecule has 0 saturated heterocycles. The molecular formula is C18H14ClF2N3O6. The molecule has 3 aromatic rings. The number of furan rings is 1. The molecule has 1 N–H and O–H groups in total. The van der Waals surface area contributed by atoms with Gasteiger partial charge in [-0.2, -0.15) is 5.10 Å². The predicted octanol–water partition coefficient (Wildman–Crippen LogP) is 2.68. The highest BCUT2D eigenvalue weighted by molar-refractivity contribution is 6.33. The Hall–Kier alpha value is -3.18. The fourth-order valence-electron chi connectivity index (χ4n) is 2.90. The number of carbonyl (C=O) groups excluding carboxylic acids is 1. The van der Waals surface area contributed by atoms with Crippen molar-refractivity contribution in [2.75, 3.05) is 11.9 Å². The van der Waals surface area contributed by atoms with Gasteiger partial charge in [0.25, 0.3) is 5.56 Å². The molecule has 3 heterocycles. The van der Waals surface area contributed by atoms with Crippen LogP contribution < -0.4 is 19.9 Å². The van der Waals surface area contributed by atoms with Crippen molar-refractivity contribution in [3.05, 3.63) is 45.5 Å². The van der Waals surface area contributed by atoms with Crippen LogP contribution in [0.15, 0.2) is 33.5 Å². The highest BCUT2D eigenvalue weighted by atomic mass is 35.5. The Kier molecular flexibility index (Phi) is 4.66. The van der Waals surface area contributed by atoms with Gasteiger partial charge in [0.1, 0.15) is 18.4 Å². The van der Waals surface area contributed by atoms with Gasteiger partial charge in [-0.3, -0.25) is 9.59 Å². The second-order valence-corrected chi connectivity index (χ2v) is 6.93. The van der Waals surface area contributed by atoms with E-state index < -0.39 is 30.4 Å². The van der Waals surface area contributed by atoms with Gasteiger partial charge in [-0.25, -0.2) is 4.68 Å². The van der Waals surface area contributed by atoms with E-state index in [2.05, 4.69) is 14.6 Å². The van der Waals surface area contributed by atoms with Gasteiger partial charge in [-0.15, -0.1) is 8.78 Å². The molecule has 158 valence electrons. The number of carbonyl (C=O) groups is 1. The zero-order chi connectivity index (χ0) is 21.8. The Bertz CT molecular complexity index is 1220. The maximum Gasteiger partial charge on any atom is 0.586 e. The first-order valence-electron chi connectivity index (χ1n) is 8.60. The number of aliphatic hydroxyl groups excluding tert-OH is 1. The Morgan fingerprint density at radius 1 is 1.33 bits per heavy atom. The highest BCUT2D eigenvalue weighted by Crippen LogP contribution is 2.42. The largest absolute Gasteiger partial charge is 0.586 e. The molecule has 12 heteroatoms. The van der Waals surface area contributed by atoms with E-state index in [-0.39, 0.29) is 39.1 Å². The summed E-state index contributed by atoms with van der Waals surface area (Å²) in [5.74, 6) is -0.830. The fourth-order valence-corrected chi connectivity index (χ4v) is 3.13. The molecule has 1 aromatic carbocycles. The van der Waals surface area contributed by atoms with Gasteiger partial charge in [0.2, 0.25) is 5.91 Å². The average molecular weight is 442 g/mol. The molecular weight excluding hydrogens is 428 g/mol. The molecule has 0 spiro atoms. The standard InChI is InChI=1S/C18H14ClF2N3O6/c1-8(25)12-6-10-15(28-12)16(19)22-24(17(10)27)7-14(26)23(2)9-3-4-11-13(5-9)30-18(20,21)29-11/h3-6,8,25H,7H2,1-2H3. The summed E-state index contributed by atoms with van der Waals surface area (Å²) in [4.78, 5) is 26.4.